The highest BCUT2D eigenvalue weighted by atomic mass is 16.5. The molecule has 1 heterocycles. The van der Waals surface area contributed by atoms with Crippen LogP contribution < -0.4 is 10.2 Å². The SMILES string of the molecule is COCCC(C)NCc1ccc2c(c1)CCCN2C. The molecule has 19 heavy (non-hydrogen) atoms. The van der Waals surface area contributed by atoms with E-state index in [0.29, 0.717) is 6.04 Å². The molecule has 1 aromatic carbocycles. The van der Waals surface area contributed by atoms with E-state index in [2.05, 4.69) is 42.4 Å². The van der Waals surface area contributed by atoms with Crippen LogP contribution in [0.4, 0.5) is 5.69 Å². The van der Waals surface area contributed by atoms with Gasteiger partial charge in [0.05, 0.1) is 0 Å². The van der Waals surface area contributed by atoms with Crippen molar-refractivity contribution in [3.05, 3.63) is 29.3 Å². The van der Waals surface area contributed by atoms with E-state index < -0.39 is 0 Å². The van der Waals surface area contributed by atoms with Gasteiger partial charge in [-0.05, 0) is 43.4 Å². The van der Waals surface area contributed by atoms with Crippen molar-refractivity contribution in [1.82, 2.24) is 5.32 Å². The average Bonchev–Trinajstić information content (AvgIpc) is 2.43. The minimum Gasteiger partial charge on any atom is -0.385 e. The highest BCUT2D eigenvalue weighted by Gasteiger charge is 2.13. The lowest BCUT2D eigenvalue weighted by Gasteiger charge is -2.28. The molecular weight excluding hydrogens is 236 g/mol. The van der Waals surface area contributed by atoms with Crippen LogP contribution in [0.1, 0.15) is 30.9 Å². The molecule has 106 valence electrons. The van der Waals surface area contributed by atoms with Crippen LogP contribution in [0.2, 0.25) is 0 Å². The summed E-state index contributed by atoms with van der Waals surface area (Å²) in [5.74, 6) is 0. The van der Waals surface area contributed by atoms with Gasteiger partial charge in [-0.2, -0.15) is 0 Å². The Kier molecular flexibility index (Phi) is 5.23. The van der Waals surface area contributed by atoms with E-state index in [1.165, 1.54) is 36.2 Å². The Hall–Kier alpha value is -1.06. The number of anilines is 1. The monoisotopic (exact) mass is 262 g/mol. The molecule has 0 saturated heterocycles. The van der Waals surface area contributed by atoms with Crippen molar-refractivity contribution in [2.45, 2.75) is 38.8 Å². The molecular formula is C16H26N2O. The van der Waals surface area contributed by atoms with E-state index in [4.69, 9.17) is 4.74 Å². The van der Waals surface area contributed by atoms with Crippen LogP contribution in [0, 0.1) is 0 Å². The summed E-state index contributed by atoms with van der Waals surface area (Å²) in [5.41, 5.74) is 4.29. The van der Waals surface area contributed by atoms with Gasteiger partial charge in [0, 0.05) is 45.6 Å². The fourth-order valence-corrected chi connectivity index (χ4v) is 2.64. The van der Waals surface area contributed by atoms with Gasteiger partial charge in [-0.1, -0.05) is 12.1 Å². The van der Waals surface area contributed by atoms with E-state index in [0.717, 1.165) is 19.6 Å². The van der Waals surface area contributed by atoms with Crippen LogP contribution >= 0.6 is 0 Å². The predicted octanol–water partition coefficient (Wildman–Crippen LogP) is 2.58. The molecule has 1 atom stereocenters. The molecule has 0 aliphatic carbocycles. The number of rotatable bonds is 6. The molecule has 0 saturated carbocycles. The number of aryl methyl sites for hydroxylation is 1. The summed E-state index contributed by atoms with van der Waals surface area (Å²) in [6.07, 6.45) is 3.54. The third-order valence-electron chi connectivity index (χ3n) is 3.90. The molecule has 0 amide bonds. The first-order valence-electron chi connectivity index (χ1n) is 7.26. The summed E-state index contributed by atoms with van der Waals surface area (Å²) in [6.45, 7) is 5.16. The number of fused-ring (bicyclic) bond motifs is 1. The van der Waals surface area contributed by atoms with Gasteiger partial charge in [-0.15, -0.1) is 0 Å². The average molecular weight is 262 g/mol. The fraction of sp³-hybridized carbons (Fsp3) is 0.625. The van der Waals surface area contributed by atoms with E-state index >= 15 is 0 Å². The van der Waals surface area contributed by atoms with Crippen LogP contribution in [0.25, 0.3) is 0 Å². The molecule has 0 bridgehead atoms. The third kappa shape index (κ3) is 3.95. The number of ether oxygens (including phenoxy) is 1. The zero-order chi connectivity index (χ0) is 13.7. The van der Waals surface area contributed by atoms with Crippen molar-refractivity contribution in [1.29, 1.82) is 0 Å². The molecule has 3 nitrogen and oxygen atoms in total. The van der Waals surface area contributed by atoms with Crippen LogP contribution in [0.15, 0.2) is 18.2 Å². The Morgan fingerprint density at radius 1 is 1.42 bits per heavy atom. The lowest BCUT2D eigenvalue weighted by molar-refractivity contribution is 0.184. The first-order chi connectivity index (χ1) is 9.20. The minimum atomic E-state index is 0.499. The van der Waals surface area contributed by atoms with Gasteiger partial charge in [-0.3, -0.25) is 0 Å². The fourth-order valence-electron chi connectivity index (χ4n) is 2.64. The molecule has 1 unspecified atom stereocenters. The summed E-state index contributed by atoms with van der Waals surface area (Å²) in [5, 5.41) is 3.56. The Balaban J connectivity index is 1.91. The van der Waals surface area contributed by atoms with Crippen molar-refractivity contribution >= 4 is 5.69 Å². The summed E-state index contributed by atoms with van der Waals surface area (Å²) >= 11 is 0. The molecule has 1 aliphatic rings. The van der Waals surface area contributed by atoms with Gasteiger partial charge in [0.25, 0.3) is 0 Å². The predicted molar refractivity (Wildman–Crippen MR) is 80.8 cm³/mol. The first-order valence-corrected chi connectivity index (χ1v) is 7.26. The van der Waals surface area contributed by atoms with Crippen LogP contribution in [-0.4, -0.2) is 33.4 Å². The van der Waals surface area contributed by atoms with Gasteiger partial charge < -0.3 is 15.0 Å². The van der Waals surface area contributed by atoms with Crippen molar-refractivity contribution in [2.24, 2.45) is 0 Å². The Morgan fingerprint density at radius 2 is 2.26 bits per heavy atom. The smallest absolute Gasteiger partial charge is 0.0476 e. The van der Waals surface area contributed by atoms with Crippen molar-refractivity contribution < 1.29 is 4.74 Å². The van der Waals surface area contributed by atoms with Crippen LogP contribution in [-0.2, 0) is 17.7 Å². The van der Waals surface area contributed by atoms with E-state index in [9.17, 15) is 0 Å². The quantitative estimate of drug-likeness (QED) is 0.853. The van der Waals surface area contributed by atoms with Gasteiger partial charge in [0.2, 0.25) is 0 Å². The Bertz CT molecular complexity index is 406. The van der Waals surface area contributed by atoms with E-state index in [1.807, 2.05) is 0 Å². The van der Waals surface area contributed by atoms with Crippen LogP contribution in [0.3, 0.4) is 0 Å². The number of methoxy groups -OCH3 is 1. The molecule has 1 N–H and O–H groups in total. The Morgan fingerprint density at radius 3 is 3.05 bits per heavy atom. The summed E-state index contributed by atoms with van der Waals surface area (Å²) in [4.78, 5) is 2.36. The van der Waals surface area contributed by atoms with Crippen molar-refractivity contribution in [3.8, 4) is 0 Å². The molecule has 0 aromatic heterocycles. The van der Waals surface area contributed by atoms with Crippen molar-refractivity contribution in [3.63, 3.8) is 0 Å². The second-order valence-electron chi connectivity index (χ2n) is 5.55. The summed E-state index contributed by atoms with van der Waals surface area (Å²) < 4.78 is 5.11. The molecule has 1 aromatic rings. The number of nitrogens with zero attached hydrogens (tertiary/aromatic N) is 1. The number of hydrogen-bond acceptors (Lipinski definition) is 3. The summed E-state index contributed by atoms with van der Waals surface area (Å²) in [6, 6.07) is 7.38. The van der Waals surface area contributed by atoms with Gasteiger partial charge in [0.1, 0.15) is 0 Å². The first kappa shape index (κ1) is 14.4. The lowest BCUT2D eigenvalue weighted by atomic mass is 9.99. The number of nitrogens with one attached hydrogen (secondary N) is 1. The molecule has 1 aliphatic heterocycles. The normalized spacial score (nSPS) is 16.3. The molecule has 0 spiro atoms. The molecule has 0 radical (unpaired) electrons. The highest BCUT2D eigenvalue weighted by Crippen LogP contribution is 2.26. The third-order valence-corrected chi connectivity index (χ3v) is 3.90. The number of benzene rings is 1. The van der Waals surface area contributed by atoms with Crippen LogP contribution in [0.5, 0.6) is 0 Å². The van der Waals surface area contributed by atoms with Gasteiger partial charge in [0.15, 0.2) is 0 Å². The van der Waals surface area contributed by atoms with E-state index in [1.54, 1.807) is 7.11 Å². The van der Waals surface area contributed by atoms with Crippen molar-refractivity contribution in [2.75, 3.05) is 32.2 Å². The second-order valence-corrected chi connectivity index (χ2v) is 5.55. The standard InChI is InChI=1S/C16H26N2O/c1-13(8-10-19-3)17-12-14-6-7-16-15(11-14)5-4-9-18(16)2/h6-7,11,13,17H,4-5,8-10,12H2,1-3H3. The Labute approximate surface area is 116 Å². The van der Waals surface area contributed by atoms with Gasteiger partial charge in [-0.25, -0.2) is 0 Å². The largest absolute Gasteiger partial charge is 0.385 e. The highest BCUT2D eigenvalue weighted by molar-refractivity contribution is 5.56. The second kappa shape index (κ2) is 6.92. The minimum absolute atomic E-state index is 0.499. The maximum absolute atomic E-state index is 5.11. The van der Waals surface area contributed by atoms with E-state index in [-0.39, 0.29) is 0 Å². The van der Waals surface area contributed by atoms with Gasteiger partial charge >= 0.3 is 0 Å². The molecule has 3 heteroatoms. The maximum Gasteiger partial charge on any atom is 0.0476 e. The maximum atomic E-state index is 5.11. The zero-order valence-corrected chi connectivity index (χ0v) is 12.4. The topological polar surface area (TPSA) is 24.5 Å². The lowest BCUT2D eigenvalue weighted by Crippen LogP contribution is -2.27. The molecule has 0 fully saturated rings. The summed E-state index contributed by atoms with van der Waals surface area (Å²) in [7, 11) is 3.94. The molecule has 2 rings (SSSR count). The zero-order valence-electron chi connectivity index (χ0n) is 12.4. The number of hydrogen-bond donors (Lipinski definition) is 1.